The van der Waals surface area contributed by atoms with Gasteiger partial charge in [0.2, 0.25) is 5.91 Å². The van der Waals surface area contributed by atoms with Crippen LogP contribution in [0.25, 0.3) is 0 Å². The number of benzene rings is 2. The highest BCUT2D eigenvalue weighted by molar-refractivity contribution is 7.92. The second-order valence-corrected chi connectivity index (χ2v) is 10.1. The van der Waals surface area contributed by atoms with Crippen molar-refractivity contribution in [2.75, 3.05) is 45.8 Å². The van der Waals surface area contributed by atoms with Gasteiger partial charge in [-0.15, -0.1) is 0 Å². The molecular weight excluding hydrogens is 484 g/mol. The highest BCUT2D eigenvalue weighted by Crippen LogP contribution is 2.37. The lowest BCUT2D eigenvalue weighted by molar-refractivity contribution is -0.119. The maximum atomic E-state index is 13.9. The van der Waals surface area contributed by atoms with Gasteiger partial charge in [0, 0.05) is 18.7 Å². The van der Waals surface area contributed by atoms with Gasteiger partial charge in [-0.2, -0.15) is 0 Å². The molecule has 36 heavy (non-hydrogen) atoms. The number of carbonyl (C=O) groups is 1. The average Bonchev–Trinajstić information content (AvgIpc) is 2.90. The van der Waals surface area contributed by atoms with Crippen molar-refractivity contribution in [3.8, 4) is 23.0 Å². The van der Waals surface area contributed by atoms with Crippen molar-refractivity contribution in [1.29, 1.82) is 0 Å². The van der Waals surface area contributed by atoms with E-state index in [0.717, 1.165) is 30.0 Å². The molecule has 1 N–H and O–H groups in total. The van der Waals surface area contributed by atoms with E-state index in [0.29, 0.717) is 24.0 Å². The molecular formula is C26H38N2O7S. The van der Waals surface area contributed by atoms with Crippen LogP contribution in [0.1, 0.15) is 39.5 Å². The summed E-state index contributed by atoms with van der Waals surface area (Å²) in [4.78, 5) is 13.0. The molecule has 0 aliphatic carbocycles. The molecule has 0 spiro atoms. The Morgan fingerprint density at radius 1 is 0.917 bits per heavy atom. The van der Waals surface area contributed by atoms with Gasteiger partial charge in [-0.3, -0.25) is 9.10 Å². The summed E-state index contributed by atoms with van der Waals surface area (Å²) in [5.41, 5.74) is 0.180. The van der Waals surface area contributed by atoms with Crippen molar-refractivity contribution >= 4 is 21.6 Å². The molecule has 0 aliphatic rings. The highest BCUT2D eigenvalue weighted by Gasteiger charge is 2.31. The van der Waals surface area contributed by atoms with Crippen molar-refractivity contribution in [3.63, 3.8) is 0 Å². The van der Waals surface area contributed by atoms with Crippen LogP contribution in [0.4, 0.5) is 5.69 Å². The Morgan fingerprint density at radius 3 is 2.17 bits per heavy atom. The fraction of sp³-hybridized carbons (Fsp3) is 0.500. The zero-order valence-corrected chi connectivity index (χ0v) is 22.8. The molecule has 0 bridgehead atoms. The van der Waals surface area contributed by atoms with E-state index in [2.05, 4.69) is 19.2 Å². The number of methoxy groups -OCH3 is 4. The van der Waals surface area contributed by atoms with E-state index in [9.17, 15) is 13.2 Å². The van der Waals surface area contributed by atoms with Crippen LogP contribution in [0.2, 0.25) is 0 Å². The minimum Gasteiger partial charge on any atom is -0.497 e. The maximum absolute atomic E-state index is 13.9. The number of hydrogen-bond donors (Lipinski definition) is 1. The SMILES string of the molecule is CCCCC(CC)CNC(=O)CN(c1cc(OC)ccc1OC)S(=O)(=O)c1ccc(OC)c(OC)c1. The Bertz CT molecular complexity index is 1110. The number of unbranched alkanes of at least 4 members (excludes halogenated alkanes) is 1. The van der Waals surface area contributed by atoms with E-state index in [1.54, 1.807) is 12.1 Å². The molecule has 0 fully saturated rings. The van der Waals surface area contributed by atoms with Crippen LogP contribution in [-0.2, 0) is 14.8 Å². The molecule has 2 rings (SSSR count). The van der Waals surface area contributed by atoms with Crippen molar-refractivity contribution in [3.05, 3.63) is 36.4 Å². The van der Waals surface area contributed by atoms with Crippen LogP contribution < -0.4 is 28.6 Å². The van der Waals surface area contributed by atoms with Gasteiger partial charge in [0.15, 0.2) is 11.5 Å². The average molecular weight is 523 g/mol. The van der Waals surface area contributed by atoms with Gasteiger partial charge in [-0.05, 0) is 36.6 Å². The molecule has 0 radical (unpaired) electrons. The summed E-state index contributed by atoms with van der Waals surface area (Å²) in [5, 5.41) is 2.91. The number of sulfonamides is 1. The third kappa shape index (κ3) is 7.19. The summed E-state index contributed by atoms with van der Waals surface area (Å²) < 4.78 is 50.1. The zero-order valence-electron chi connectivity index (χ0n) is 22.0. The van der Waals surface area contributed by atoms with E-state index in [1.807, 2.05) is 0 Å². The molecule has 1 atom stereocenters. The normalized spacial score (nSPS) is 11.9. The Hall–Kier alpha value is -3.14. The van der Waals surface area contributed by atoms with Gasteiger partial charge >= 0.3 is 0 Å². The lowest BCUT2D eigenvalue weighted by atomic mass is 9.99. The molecule has 0 saturated heterocycles. The Balaban J connectivity index is 2.49. The molecule has 9 nitrogen and oxygen atoms in total. The van der Waals surface area contributed by atoms with Gasteiger partial charge in [0.25, 0.3) is 10.0 Å². The molecule has 0 aromatic heterocycles. The summed E-state index contributed by atoms with van der Waals surface area (Å²) in [5.74, 6) is 1.25. The first-order chi connectivity index (χ1) is 17.2. The van der Waals surface area contributed by atoms with Crippen LogP contribution in [0.3, 0.4) is 0 Å². The lowest BCUT2D eigenvalue weighted by Crippen LogP contribution is -2.42. The summed E-state index contributed by atoms with van der Waals surface area (Å²) >= 11 is 0. The number of nitrogens with one attached hydrogen (secondary N) is 1. The molecule has 200 valence electrons. The molecule has 2 aromatic carbocycles. The maximum Gasteiger partial charge on any atom is 0.265 e. The molecule has 1 unspecified atom stereocenters. The number of anilines is 1. The molecule has 0 heterocycles. The second kappa shape index (κ2) is 13.8. The van der Waals surface area contributed by atoms with Crippen molar-refractivity contribution in [2.45, 2.75) is 44.4 Å². The Kier molecular flexibility index (Phi) is 11.2. The first-order valence-electron chi connectivity index (χ1n) is 12.0. The van der Waals surface area contributed by atoms with Crippen molar-refractivity contribution < 1.29 is 32.2 Å². The summed E-state index contributed by atoms with van der Waals surface area (Å²) in [6.45, 7) is 4.25. The third-order valence-corrected chi connectivity index (χ3v) is 7.77. The van der Waals surface area contributed by atoms with Crippen LogP contribution in [-0.4, -0.2) is 55.9 Å². The first-order valence-corrected chi connectivity index (χ1v) is 13.4. The first kappa shape index (κ1) is 29.1. The number of ether oxygens (including phenoxy) is 4. The van der Waals surface area contributed by atoms with E-state index in [4.69, 9.17) is 18.9 Å². The van der Waals surface area contributed by atoms with Gasteiger partial charge in [0.1, 0.15) is 18.0 Å². The summed E-state index contributed by atoms with van der Waals surface area (Å²) in [6.07, 6.45) is 4.09. The van der Waals surface area contributed by atoms with Crippen LogP contribution in [0.5, 0.6) is 23.0 Å². The molecule has 10 heteroatoms. The quantitative estimate of drug-likeness (QED) is 0.373. The van der Waals surface area contributed by atoms with Gasteiger partial charge < -0.3 is 24.3 Å². The molecule has 2 aromatic rings. The predicted octanol–water partition coefficient (Wildman–Crippen LogP) is 4.25. The smallest absolute Gasteiger partial charge is 0.265 e. The molecule has 0 aliphatic heterocycles. The fourth-order valence-corrected chi connectivity index (χ4v) is 5.22. The third-order valence-electron chi connectivity index (χ3n) is 6.02. The molecule has 0 saturated carbocycles. The monoisotopic (exact) mass is 522 g/mol. The van der Waals surface area contributed by atoms with Gasteiger partial charge in [-0.1, -0.05) is 33.1 Å². The second-order valence-electron chi connectivity index (χ2n) is 8.29. The zero-order chi connectivity index (χ0) is 26.7. The van der Waals surface area contributed by atoms with Crippen LogP contribution in [0.15, 0.2) is 41.3 Å². The summed E-state index contributed by atoms with van der Waals surface area (Å²) in [6, 6.07) is 9.06. The van der Waals surface area contributed by atoms with Crippen molar-refractivity contribution in [1.82, 2.24) is 5.32 Å². The standard InChI is InChI=1S/C26H38N2O7S/c1-7-9-10-19(8-2)17-27-26(29)18-28(22-15-20(32-3)11-13-23(22)33-4)36(30,31)21-12-14-24(34-5)25(16-21)35-6/h11-16,19H,7-10,17-18H2,1-6H3,(H,27,29). The topological polar surface area (TPSA) is 103 Å². The minimum atomic E-state index is -4.22. The number of carbonyl (C=O) groups excluding carboxylic acids is 1. The van der Waals surface area contributed by atoms with E-state index >= 15 is 0 Å². The number of amides is 1. The summed E-state index contributed by atoms with van der Waals surface area (Å²) in [7, 11) is 1.58. The van der Waals surface area contributed by atoms with Gasteiger partial charge in [0.05, 0.1) is 39.0 Å². The van der Waals surface area contributed by atoms with Gasteiger partial charge in [-0.25, -0.2) is 8.42 Å². The number of rotatable bonds is 15. The minimum absolute atomic E-state index is 0.0628. The Labute approximate surface area is 214 Å². The fourth-order valence-electron chi connectivity index (χ4n) is 3.78. The van der Waals surface area contributed by atoms with Crippen molar-refractivity contribution in [2.24, 2.45) is 5.92 Å². The number of hydrogen-bond acceptors (Lipinski definition) is 7. The Morgan fingerprint density at radius 2 is 1.58 bits per heavy atom. The largest absolute Gasteiger partial charge is 0.497 e. The predicted molar refractivity (Wildman–Crippen MR) is 140 cm³/mol. The van der Waals surface area contributed by atoms with Crippen LogP contribution in [0, 0.1) is 5.92 Å². The molecule has 1 amide bonds. The highest BCUT2D eigenvalue weighted by atomic mass is 32.2. The van der Waals surface area contributed by atoms with E-state index in [1.165, 1.54) is 52.7 Å². The van der Waals surface area contributed by atoms with E-state index < -0.39 is 22.5 Å². The van der Waals surface area contributed by atoms with E-state index in [-0.39, 0.29) is 22.1 Å². The van der Waals surface area contributed by atoms with Crippen LogP contribution >= 0.6 is 0 Å². The lowest BCUT2D eigenvalue weighted by Gasteiger charge is -2.26. The number of nitrogens with zero attached hydrogens (tertiary/aromatic N) is 1.